The lowest BCUT2D eigenvalue weighted by molar-refractivity contribution is 0.163. The molecule has 1 fully saturated rings. The molecule has 1 aliphatic rings. The molecule has 0 heterocycles. The molecule has 1 saturated carbocycles. The van der Waals surface area contributed by atoms with Gasteiger partial charge in [-0.2, -0.15) is 0 Å². The number of rotatable bonds is 8. The lowest BCUT2D eigenvalue weighted by Crippen LogP contribution is -2.48. The molecule has 0 spiro atoms. The second-order valence-electron chi connectivity index (χ2n) is 6.71. The fourth-order valence-corrected chi connectivity index (χ4v) is 3.71. The van der Waals surface area contributed by atoms with E-state index in [1.54, 1.807) is 0 Å². The minimum Gasteiger partial charge on any atom is -0.316 e. The van der Waals surface area contributed by atoms with Crippen LogP contribution in [0.1, 0.15) is 52.0 Å². The maximum Gasteiger partial charge on any atom is 0.0177 e. The summed E-state index contributed by atoms with van der Waals surface area (Å²) in [6, 6.07) is 11.8. The zero-order valence-electron chi connectivity index (χ0n) is 14.1. The lowest BCUT2D eigenvalue weighted by atomic mass is 9.81. The monoisotopic (exact) mass is 288 g/mol. The fraction of sp³-hybridized carbons (Fsp3) is 0.684. The van der Waals surface area contributed by atoms with Gasteiger partial charge in [0, 0.05) is 24.5 Å². The van der Waals surface area contributed by atoms with Gasteiger partial charge < -0.3 is 5.32 Å². The van der Waals surface area contributed by atoms with Crippen LogP contribution >= 0.6 is 0 Å². The normalized spacial score (nSPS) is 19.0. The first-order chi connectivity index (χ1) is 10.2. The van der Waals surface area contributed by atoms with Crippen molar-refractivity contribution in [1.29, 1.82) is 0 Å². The van der Waals surface area contributed by atoms with Crippen LogP contribution < -0.4 is 5.32 Å². The summed E-state index contributed by atoms with van der Waals surface area (Å²) in [4.78, 5) is 2.72. The third-order valence-electron chi connectivity index (χ3n) is 5.04. The number of benzene rings is 1. The van der Waals surface area contributed by atoms with E-state index in [-0.39, 0.29) is 5.41 Å². The average molecular weight is 288 g/mol. The van der Waals surface area contributed by atoms with Crippen LogP contribution in [0.2, 0.25) is 0 Å². The molecule has 0 saturated heterocycles. The molecule has 2 nitrogen and oxygen atoms in total. The number of hydrogen-bond donors (Lipinski definition) is 1. The van der Waals surface area contributed by atoms with E-state index in [2.05, 4.69) is 61.3 Å². The van der Waals surface area contributed by atoms with Crippen molar-refractivity contribution in [3.8, 4) is 0 Å². The first kappa shape index (κ1) is 16.5. The van der Waals surface area contributed by atoms with E-state index < -0.39 is 0 Å². The van der Waals surface area contributed by atoms with Crippen molar-refractivity contribution in [3.63, 3.8) is 0 Å². The van der Waals surface area contributed by atoms with E-state index in [0.717, 1.165) is 25.7 Å². The maximum absolute atomic E-state index is 3.58. The molecule has 1 aromatic carbocycles. The number of likely N-dealkylation sites (N-methyl/N-ethyl adjacent to an activating group) is 2. The minimum absolute atomic E-state index is 0.190. The standard InChI is InChI=1S/C19H32N2/c1-4-20-15-19(3,17-11-7-6-8-12-17)16-21(5-2)18-13-9-10-14-18/h6-8,11-12,18,20H,4-5,9-10,13-16H2,1-3H3. The molecule has 1 N–H and O–H groups in total. The van der Waals surface area contributed by atoms with E-state index in [9.17, 15) is 0 Å². The summed E-state index contributed by atoms with van der Waals surface area (Å²) in [5.74, 6) is 0. The van der Waals surface area contributed by atoms with Crippen LogP contribution in [0.5, 0.6) is 0 Å². The second kappa shape index (κ2) is 7.95. The van der Waals surface area contributed by atoms with Gasteiger partial charge in [-0.15, -0.1) is 0 Å². The second-order valence-corrected chi connectivity index (χ2v) is 6.71. The summed E-state index contributed by atoms with van der Waals surface area (Å²) in [7, 11) is 0. The molecular weight excluding hydrogens is 256 g/mol. The van der Waals surface area contributed by atoms with Gasteiger partial charge in [0.15, 0.2) is 0 Å². The average Bonchev–Trinajstić information content (AvgIpc) is 3.06. The van der Waals surface area contributed by atoms with Crippen LogP contribution in [0.25, 0.3) is 0 Å². The quantitative estimate of drug-likeness (QED) is 0.782. The first-order valence-corrected chi connectivity index (χ1v) is 8.70. The zero-order valence-corrected chi connectivity index (χ0v) is 14.1. The molecule has 0 bridgehead atoms. The Morgan fingerprint density at radius 3 is 2.38 bits per heavy atom. The lowest BCUT2D eigenvalue weighted by Gasteiger charge is -2.38. The molecular formula is C19H32N2. The van der Waals surface area contributed by atoms with Gasteiger partial charge in [-0.25, -0.2) is 0 Å². The van der Waals surface area contributed by atoms with E-state index >= 15 is 0 Å². The van der Waals surface area contributed by atoms with Crippen molar-refractivity contribution < 1.29 is 0 Å². The summed E-state index contributed by atoms with van der Waals surface area (Å²) >= 11 is 0. The molecule has 0 aliphatic heterocycles. The highest BCUT2D eigenvalue weighted by molar-refractivity contribution is 5.25. The first-order valence-electron chi connectivity index (χ1n) is 8.70. The molecule has 0 radical (unpaired) electrons. The van der Waals surface area contributed by atoms with Crippen LogP contribution in [0, 0.1) is 0 Å². The Bertz CT molecular complexity index is 397. The molecule has 1 aromatic rings. The van der Waals surface area contributed by atoms with Crippen LogP contribution in [0.3, 0.4) is 0 Å². The Hall–Kier alpha value is -0.860. The predicted molar refractivity (Wildman–Crippen MR) is 91.8 cm³/mol. The Kier molecular flexibility index (Phi) is 6.25. The van der Waals surface area contributed by atoms with Crippen LogP contribution in [0.15, 0.2) is 30.3 Å². The van der Waals surface area contributed by atoms with E-state index in [4.69, 9.17) is 0 Å². The Morgan fingerprint density at radius 1 is 1.14 bits per heavy atom. The van der Waals surface area contributed by atoms with Crippen molar-refractivity contribution >= 4 is 0 Å². The third kappa shape index (κ3) is 4.31. The Balaban J connectivity index is 2.14. The van der Waals surface area contributed by atoms with E-state index in [0.29, 0.717) is 0 Å². The van der Waals surface area contributed by atoms with Gasteiger partial charge in [0.2, 0.25) is 0 Å². The van der Waals surface area contributed by atoms with Gasteiger partial charge in [-0.3, -0.25) is 4.90 Å². The molecule has 0 amide bonds. The predicted octanol–water partition coefficient (Wildman–Crippen LogP) is 3.82. The van der Waals surface area contributed by atoms with Gasteiger partial charge in [0.1, 0.15) is 0 Å². The van der Waals surface area contributed by atoms with Crippen molar-refractivity contribution in [2.45, 2.75) is 57.9 Å². The highest BCUT2D eigenvalue weighted by Crippen LogP contribution is 2.29. The van der Waals surface area contributed by atoms with Crippen LogP contribution in [-0.2, 0) is 5.41 Å². The Morgan fingerprint density at radius 2 is 1.81 bits per heavy atom. The molecule has 1 atom stereocenters. The largest absolute Gasteiger partial charge is 0.316 e. The summed E-state index contributed by atoms with van der Waals surface area (Å²) in [5, 5.41) is 3.58. The Labute approximate surface area is 130 Å². The molecule has 1 aliphatic carbocycles. The molecule has 2 heteroatoms. The smallest absolute Gasteiger partial charge is 0.0177 e. The maximum atomic E-state index is 3.58. The van der Waals surface area contributed by atoms with Crippen molar-refractivity contribution in [3.05, 3.63) is 35.9 Å². The number of nitrogens with one attached hydrogen (secondary N) is 1. The van der Waals surface area contributed by atoms with Gasteiger partial charge in [0.25, 0.3) is 0 Å². The van der Waals surface area contributed by atoms with Gasteiger partial charge >= 0.3 is 0 Å². The fourth-order valence-electron chi connectivity index (χ4n) is 3.71. The van der Waals surface area contributed by atoms with E-state index in [1.807, 2.05) is 0 Å². The van der Waals surface area contributed by atoms with Gasteiger partial charge in [-0.1, -0.05) is 63.9 Å². The van der Waals surface area contributed by atoms with Crippen molar-refractivity contribution in [2.24, 2.45) is 0 Å². The molecule has 2 rings (SSSR count). The highest BCUT2D eigenvalue weighted by Gasteiger charge is 2.31. The summed E-state index contributed by atoms with van der Waals surface area (Å²) < 4.78 is 0. The molecule has 118 valence electrons. The van der Waals surface area contributed by atoms with Crippen molar-refractivity contribution in [2.75, 3.05) is 26.2 Å². The minimum atomic E-state index is 0.190. The topological polar surface area (TPSA) is 15.3 Å². The zero-order chi connectivity index (χ0) is 15.1. The number of nitrogens with zero attached hydrogens (tertiary/aromatic N) is 1. The summed E-state index contributed by atoms with van der Waals surface area (Å²) in [5.41, 5.74) is 1.65. The van der Waals surface area contributed by atoms with Crippen LogP contribution in [0.4, 0.5) is 0 Å². The van der Waals surface area contributed by atoms with Crippen molar-refractivity contribution in [1.82, 2.24) is 10.2 Å². The summed E-state index contributed by atoms with van der Waals surface area (Å²) in [6.45, 7) is 11.3. The molecule has 1 unspecified atom stereocenters. The summed E-state index contributed by atoms with van der Waals surface area (Å²) in [6.07, 6.45) is 5.60. The van der Waals surface area contributed by atoms with Gasteiger partial charge in [0.05, 0.1) is 0 Å². The third-order valence-corrected chi connectivity index (χ3v) is 5.04. The van der Waals surface area contributed by atoms with Crippen LogP contribution in [-0.4, -0.2) is 37.1 Å². The molecule has 21 heavy (non-hydrogen) atoms. The molecule has 0 aromatic heterocycles. The SMILES string of the molecule is CCNCC(C)(CN(CC)C1CCCC1)c1ccccc1. The van der Waals surface area contributed by atoms with Gasteiger partial charge in [-0.05, 0) is 31.5 Å². The van der Waals surface area contributed by atoms with E-state index in [1.165, 1.54) is 37.8 Å². The highest BCUT2D eigenvalue weighted by atomic mass is 15.2. The number of hydrogen-bond acceptors (Lipinski definition) is 2.